The van der Waals surface area contributed by atoms with Crippen molar-refractivity contribution < 1.29 is 13.2 Å². The van der Waals surface area contributed by atoms with E-state index in [4.69, 9.17) is 5.26 Å². The van der Waals surface area contributed by atoms with Crippen LogP contribution in [0.5, 0.6) is 0 Å². The molecule has 0 radical (unpaired) electrons. The van der Waals surface area contributed by atoms with Gasteiger partial charge in [0.15, 0.2) is 0 Å². The van der Waals surface area contributed by atoms with Crippen LogP contribution in [-0.2, 0) is 0 Å². The van der Waals surface area contributed by atoms with Crippen LogP contribution in [0.15, 0.2) is 10.7 Å². The van der Waals surface area contributed by atoms with E-state index in [1.807, 2.05) is 0 Å². The zero-order valence-electron chi connectivity index (χ0n) is 6.06. The van der Waals surface area contributed by atoms with Gasteiger partial charge in [-0.1, -0.05) is 0 Å². The van der Waals surface area contributed by atoms with Crippen molar-refractivity contribution in [1.29, 1.82) is 5.26 Å². The van der Waals surface area contributed by atoms with E-state index in [9.17, 15) is 13.2 Å². The van der Waals surface area contributed by atoms with Gasteiger partial charge in [0.05, 0.1) is 15.6 Å². The van der Waals surface area contributed by atoms with Crippen molar-refractivity contribution >= 4 is 15.9 Å². The monoisotopic (exact) mass is 250 g/mol. The molecule has 1 aromatic rings. The molecule has 68 valence electrons. The predicted octanol–water partition coefficient (Wildman–Crippen LogP) is 2.79. The van der Waals surface area contributed by atoms with Crippen molar-refractivity contribution in [2.75, 3.05) is 0 Å². The summed E-state index contributed by atoms with van der Waals surface area (Å²) in [5, 5.41) is 8.43. The number of nitriles is 1. The molecule has 0 aliphatic carbocycles. The molecule has 0 bridgehead atoms. The van der Waals surface area contributed by atoms with Crippen LogP contribution < -0.4 is 0 Å². The molecule has 0 atom stereocenters. The van der Waals surface area contributed by atoms with Crippen molar-refractivity contribution in [3.05, 3.63) is 27.7 Å². The van der Waals surface area contributed by atoms with Crippen molar-refractivity contribution in [1.82, 2.24) is 4.98 Å². The van der Waals surface area contributed by atoms with Crippen molar-refractivity contribution in [2.45, 2.75) is 6.43 Å². The van der Waals surface area contributed by atoms with Gasteiger partial charge in [-0.2, -0.15) is 9.65 Å². The van der Waals surface area contributed by atoms with Crippen molar-refractivity contribution in [3.8, 4) is 6.07 Å². The molecular weight excluding hydrogens is 249 g/mol. The molecular formula is C7H2BrF3N2. The van der Waals surface area contributed by atoms with Gasteiger partial charge in [0, 0.05) is 6.20 Å². The summed E-state index contributed by atoms with van der Waals surface area (Å²) in [4.78, 5) is 3.03. The van der Waals surface area contributed by atoms with Crippen LogP contribution in [0.4, 0.5) is 13.2 Å². The Kier molecular flexibility index (Phi) is 2.88. The van der Waals surface area contributed by atoms with Crippen LogP contribution in [0.3, 0.4) is 0 Å². The molecule has 0 N–H and O–H groups in total. The number of nitrogens with zero attached hydrogens (tertiary/aromatic N) is 2. The number of aromatic nitrogens is 1. The molecule has 6 heteroatoms. The van der Waals surface area contributed by atoms with Gasteiger partial charge in [0.1, 0.15) is 6.07 Å². The molecule has 1 rings (SSSR count). The lowest BCUT2D eigenvalue weighted by Crippen LogP contribution is -1.98. The molecule has 0 aliphatic heterocycles. The van der Waals surface area contributed by atoms with Crippen LogP contribution in [0, 0.1) is 17.3 Å². The smallest absolute Gasteiger partial charge is 0.226 e. The maximum atomic E-state index is 12.7. The third-order valence-electron chi connectivity index (χ3n) is 1.34. The van der Waals surface area contributed by atoms with E-state index in [1.165, 1.54) is 0 Å². The average Bonchev–Trinajstić information content (AvgIpc) is 2.04. The van der Waals surface area contributed by atoms with Gasteiger partial charge in [-0.3, -0.25) is 0 Å². The highest BCUT2D eigenvalue weighted by Crippen LogP contribution is 2.30. The van der Waals surface area contributed by atoms with Crippen molar-refractivity contribution in [2.24, 2.45) is 0 Å². The van der Waals surface area contributed by atoms with E-state index in [0.717, 1.165) is 6.20 Å². The SMILES string of the molecule is N#Cc1cnc(F)c(C(F)F)c1Br. The summed E-state index contributed by atoms with van der Waals surface area (Å²) in [5.74, 6) is -1.26. The Hall–Kier alpha value is -1.09. The summed E-state index contributed by atoms with van der Waals surface area (Å²) < 4.78 is 36.8. The fourth-order valence-corrected chi connectivity index (χ4v) is 1.27. The van der Waals surface area contributed by atoms with E-state index >= 15 is 0 Å². The Bertz CT molecular complexity index is 373. The molecule has 0 saturated carbocycles. The van der Waals surface area contributed by atoms with Gasteiger partial charge in [-0.05, 0) is 15.9 Å². The second-order valence-electron chi connectivity index (χ2n) is 2.10. The van der Waals surface area contributed by atoms with Gasteiger partial charge in [0.2, 0.25) is 5.95 Å². The minimum atomic E-state index is -2.99. The quantitative estimate of drug-likeness (QED) is 0.719. The first-order chi connectivity index (χ1) is 6.07. The third kappa shape index (κ3) is 1.80. The summed E-state index contributed by atoms with van der Waals surface area (Å²) in [7, 11) is 0. The van der Waals surface area contributed by atoms with E-state index < -0.39 is 17.9 Å². The first kappa shape index (κ1) is 9.99. The molecule has 1 aromatic heterocycles. The molecule has 0 spiro atoms. The van der Waals surface area contributed by atoms with Crippen LogP contribution in [-0.4, -0.2) is 4.98 Å². The lowest BCUT2D eigenvalue weighted by Gasteiger charge is -2.04. The summed E-state index contributed by atoms with van der Waals surface area (Å²) >= 11 is 2.71. The zero-order chi connectivity index (χ0) is 10.0. The number of alkyl halides is 2. The Morgan fingerprint density at radius 1 is 1.54 bits per heavy atom. The highest BCUT2D eigenvalue weighted by atomic mass is 79.9. The maximum absolute atomic E-state index is 12.7. The van der Waals surface area contributed by atoms with Gasteiger partial charge in [-0.15, -0.1) is 0 Å². The van der Waals surface area contributed by atoms with Gasteiger partial charge in [0.25, 0.3) is 6.43 Å². The highest BCUT2D eigenvalue weighted by Gasteiger charge is 2.20. The number of halogens is 4. The predicted molar refractivity (Wildman–Crippen MR) is 41.6 cm³/mol. The summed E-state index contributed by atoms with van der Waals surface area (Å²) in [5.41, 5.74) is -0.990. The average molecular weight is 251 g/mol. The van der Waals surface area contributed by atoms with E-state index in [0.29, 0.717) is 0 Å². The summed E-state index contributed by atoms with van der Waals surface area (Å²) in [6, 6.07) is 1.61. The van der Waals surface area contributed by atoms with Gasteiger partial charge in [-0.25, -0.2) is 13.8 Å². The van der Waals surface area contributed by atoms with Gasteiger partial charge < -0.3 is 0 Å². The number of hydrogen-bond acceptors (Lipinski definition) is 2. The fraction of sp³-hybridized carbons (Fsp3) is 0.143. The molecule has 1 heterocycles. The Morgan fingerprint density at radius 3 is 2.62 bits per heavy atom. The number of hydrogen-bond donors (Lipinski definition) is 0. The molecule has 2 nitrogen and oxygen atoms in total. The molecule has 0 saturated heterocycles. The molecule has 0 aromatic carbocycles. The second kappa shape index (κ2) is 3.75. The number of pyridine rings is 1. The Morgan fingerprint density at radius 2 is 2.15 bits per heavy atom. The summed E-state index contributed by atoms with van der Waals surface area (Å²) in [6.45, 7) is 0. The molecule has 13 heavy (non-hydrogen) atoms. The molecule has 0 amide bonds. The molecule has 0 unspecified atom stereocenters. The minimum absolute atomic E-state index is 0.114. The maximum Gasteiger partial charge on any atom is 0.269 e. The lowest BCUT2D eigenvalue weighted by molar-refractivity contribution is 0.144. The van der Waals surface area contributed by atoms with Crippen LogP contribution in [0.2, 0.25) is 0 Å². The Balaban J connectivity index is 3.41. The van der Waals surface area contributed by atoms with Crippen LogP contribution in [0.1, 0.15) is 17.6 Å². The standard InChI is InChI=1S/C7H2BrF3N2/c8-5-3(1-12)2-13-7(11)4(5)6(9)10/h2,6H. The Labute approximate surface area is 80.1 Å². The second-order valence-corrected chi connectivity index (χ2v) is 2.90. The number of rotatable bonds is 1. The fourth-order valence-electron chi connectivity index (χ4n) is 0.747. The first-order valence-electron chi connectivity index (χ1n) is 3.10. The molecule has 0 aliphatic rings. The lowest BCUT2D eigenvalue weighted by atomic mass is 10.2. The van der Waals surface area contributed by atoms with Crippen LogP contribution >= 0.6 is 15.9 Å². The summed E-state index contributed by atoms with van der Waals surface area (Å²) in [6.07, 6.45) is -2.10. The van der Waals surface area contributed by atoms with E-state index in [-0.39, 0.29) is 10.0 Å². The first-order valence-corrected chi connectivity index (χ1v) is 3.89. The van der Waals surface area contributed by atoms with Gasteiger partial charge >= 0.3 is 0 Å². The van der Waals surface area contributed by atoms with Crippen LogP contribution in [0.25, 0.3) is 0 Å². The largest absolute Gasteiger partial charge is 0.269 e. The van der Waals surface area contributed by atoms with Crippen molar-refractivity contribution in [3.63, 3.8) is 0 Å². The zero-order valence-corrected chi connectivity index (χ0v) is 7.65. The third-order valence-corrected chi connectivity index (χ3v) is 2.20. The molecule has 0 fully saturated rings. The minimum Gasteiger partial charge on any atom is -0.226 e. The topological polar surface area (TPSA) is 36.7 Å². The normalized spacial score (nSPS) is 10.2. The highest BCUT2D eigenvalue weighted by molar-refractivity contribution is 9.10. The van der Waals surface area contributed by atoms with E-state index in [1.54, 1.807) is 6.07 Å². The van der Waals surface area contributed by atoms with E-state index in [2.05, 4.69) is 20.9 Å².